The van der Waals surface area contributed by atoms with Gasteiger partial charge in [-0.1, -0.05) is 13.8 Å². The minimum atomic E-state index is 0.128. The first-order chi connectivity index (χ1) is 5.61. The van der Waals surface area contributed by atoms with E-state index >= 15 is 0 Å². The molecule has 0 aromatic carbocycles. The molecule has 0 saturated carbocycles. The standard InChI is InChI=1S/C9H17N3/c1-6(2)4-9(10)8-5-11-12-7(8)3/h5-6,9H,4,10H2,1-3H3,(H,11,12). The lowest BCUT2D eigenvalue weighted by Crippen LogP contribution is -2.13. The van der Waals surface area contributed by atoms with Crippen LogP contribution < -0.4 is 5.73 Å². The van der Waals surface area contributed by atoms with Gasteiger partial charge in [0.2, 0.25) is 0 Å². The average Bonchev–Trinajstić information content (AvgIpc) is 2.33. The Kier molecular flexibility index (Phi) is 2.87. The van der Waals surface area contributed by atoms with Gasteiger partial charge in [-0.05, 0) is 19.3 Å². The van der Waals surface area contributed by atoms with Gasteiger partial charge in [0.05, 0.1) is 6.20 Å². The van der Waals surface area contributed by atoms with Crippen molar-refractivity contribution >= 4 is 0 Å². The molecule has 0 bridgehead atoms. The third-order valence-corrected chi connectivity index (χ3v) is 1.99. The number of nitrogens with one attached hydrogen (secondary N) is 1. The highest BCUT2D eigenvalue weighted by Gasteiger charge is 2.11. The summed E-state index contributed by atoms with van der Waals surface area (Å²) in [5.74, 6) is 0.634. The molecule has 68 valence electrons. The molecule has 0 aliphatic heterocycles. The Hall–Kier alpha value is -0.830. The summed E-state index contributed by atoms with van der Waals surface area (Å²) in [6, 6.07) is 0.128. The van der Waals surface area contributed by atoms with Crippen LogP contribution in [0.15, 0.2) is 6.20 Å². The van der Waals surface area contributed by atoms with Gasteiger partial charge in [0.1, 0.15) is 0 Å². The van der Waals surface area contributed by atoms with E-state index < -0.39 is 0 Å². The third kappa shape index (κ3) is 2.08. The molecule has 0 radical (unpaired) electrons. The predicted octanol–water partition coefficient (Wildman–Crippen LogP) is 1.76. The lowest BCUT2D eigenvalue weighted by Gasteiger charge is -2.12. The Morgan fingerprint density at radius 3 is 2.67 bits per heavy atom. The zero-order valence-corrected chi connectivity index (χ0v) is 7.96. The van der Waals surface area contributed by atoms with Gasteiger partial charge in [-0.2, -0.15) is 5.10 Å². The monoisotopic (exact) mass is 167 g/mol. The van der Waals surface area contributed by atoms with Crippen molar-refractivity contribution in [2.75, 3.05) is 0 Å². The first kappa shape index (κ1) is 9.26. The molecule has 1 rings (SSSR count). The first-order valence-electron chi connectivity index (χ1n) is 4.36. The van der Waals surface area contributed by atoms with E-state index in [1.807, 2.05) is 13.1 Å². The van der Waals surface area contributed by atoms with E-state index in [-0.39, 0.29) is 6.04 Å². The van der Waals surface area contributed by atoms with Crippen LogP contribution in [-0.4, -0.2) is 10.2 Å². The molecule has 0 aliphatic rings. The van der Waals surface area contributed by atoms with Gasteiger partial charge < -0.3 is 5.73 Å². The Morgan fingerprint density at radius 1 is 1.58 bits per heavy atom. The van der Waals surface area contributed by atoms with Gasteiger partial charge in [-0.3, -0.25) is 5.10 Å². The second-order valence-electron chi connectivity index (χ2n) is 3.69. The van der Waals surface area contributed by atoms with Crippen LogP contribution in [0.4, 0.5) is 0 Å². The Balaban J connectivity index is 2.65. The van der Waals surface area contributed by atoms with Crippen molar-refractivity contribution < 1.29 is 0 Å². The van der Waals surface area contributed by atoms with Gasteiger partial charge in [0.25, 0.3) is 0 Å². The highest BCUT2D eigenvalue weighted by atomic mass is 15.1. The maximum Gasteiger partial charge on any atom is 0.0537 e. The summed E-state index contributed by atoms with van der Waals surface area (Å²) in [6.07, 6.45) is 2.84. The lowest BCUT2D eigenvalue weighted by atomic mass is 9.99. The number of aryl methyl sites for hydroxylation is 1. The second-order valence-corrected chi connectivity index (χ2v) is 3.69. The molecular weight excluding hydrogens is 150 g/mol. The molecule has 12 heavy (non-hydrogen) atoms. The maximum absolute atomic E-state index is 5.98. The van der Waals surface area contributed by atoms with Crippen LogP contribution in [0, 0.1) is 12.8 Å². The van der Waals surface area contributed by atoms with Crippen molar-refractivity contribution in [3.8, 4) is 0 Å². The fourth-order valence-electron chi connectivity index (χ4n) is 1.37. The van der Waals surface area contributed by atoms with Crippen molar-refractivity contribution in [1.82, 2.24) is 10.2 Å². The van der Waals surface area contributed by atoms with Crippen LogP contribution in [0.2, 0.25) is 0 Å². The second kappa shape index (κ2) is 3.72. The van der Waals surface area contributed by atoms with Crippen molar-refractivity contribution in [2.24, 2.45) is 11.7 Å². The molecule has 3 N–H and O–H groups in total. The molecular formula is C9H17N3. The molecule has 0 amide bonds. The predicted molar refractivity (Wildman–Crippen MR) is 49.7 cm³/mol. The SMILES string of the molecule is Cc1[nH]ncc1C(N)CC(C)C. The summed E-state index contributed by atoms with van der Waals surface area (Å²) >= 11 is 0. The molecule has 0 aliphatic carbocycles. The molecule has 1 aromatic heterocycles. The summed E-state index contributed by atoms with van der Waals surface area (Å²) in [4.78, 5) is 0. The number of rotatable bonds is 3. The Morgan fingerprint density at radius 2 is 2.25 bits per heavy atom. The Bertz CT molecular complexity index is 240. The number of H-pyrrole nitrogens is 1. The average molecular weight is 167 g/mol. The van der Waals surface area contributed by atoms with E-state index in [2.05, 4.69) is 24.0 Å². The molecule has 0 saturated heterocycles. The number of aromatic amines is 1. The summed E-state index contributed by atoms with van der Waals surface area (Å²) < 4.78 is 0. The van der Waals surface area contributed by atoms with Crippen LogP contribution in [0.25, 0.3) is 0 Å². The van der Waals surface area contributed by atoms with E-state index in [0.717, 1.165) is 17.7 Å². The van der Waals surface area contributed by atoms with Gasteiger partial charge in [0.15, 0.2) is 0 Å². The topological polar surface area (TPSA) is 54.7 Å². The summed E-state index contributed by atoms with van der Waals surface area (Å²) in [5, 5.41) is 6.84. The molecule has 1 unspecified atom stereocenters. The highest BCUT2D eigenvalue weighted by molar-refractivity contribution is 5.18. The molecule has 1 aromatic rings. The molecule has 1 atom stereocenters. The molecule has 3 nitrogen and oxygen atoms in total. The fraction of sp³-hybridized carbons (Fsp3) is 0.667. The number of hydrogen-bond acceptors (Lipinski definition) is 2. The lowest BCUT2D eigenvalue weighted by molar-refractivity contribution is 0.509. The van der Waals surface area contributed by atoms with Crippen LogP contribution in [0.1, 0.15) is 37.6 Å². The summed E-state index contributed by atoms with van der Waals surface area (Å²) in [6.45, 7) is 6.35. The van der Waals surface area contributed by atoms with Crippen molar-refractivity contribution in [3.63, 3.8) is 0 Å². The van der Waals surface area contributed by atoms with Crippen LogP contribution in [0.3, 0.4) is 0 Å². The van der Waals surface area contributed by atoms with Crippen LogP contribution in [-0.2, 0) is 0 Å². The van der Waals surface area contributed by atoms with E-state index in [4.69, 9.17) is 5.73 Å². The van der Waals surface area contributed by atoms with E-state index in [9.17, 15) is 0 Å². The minimum absolute atomic E-state index is 0.128. The van der Waals surface area contributed by atoms with Crippen molar-refractivity contribution in [1.29, 1.82) is 0 Å². The van der Waals surface area contributed by atoms with E-state index in [1.54, 1.807) is 0 Å². The van der Waals surface area contributed by atoms with E-state index in [1.165, 1.54) is 0 Å². The maximum atomic E-state index is 5.98. The third-order valence-electron chi connectivity index (χ3n) is 1.99. The molecule has 3 heteroatoms. The quantitative estimate of drug-likeness (QED) is 0.720. The molecule has 1 heterocycles. The van der Waals surface area contributed by atoms with Crippen molar-refractivity contribution in [3.05, 3.63) is 17.5 Å². The minimum Gasteiger partial charge on any atom is -0.324 e. The molecule has 0 spiro atoms. The smallest absolute Gasteiger partial charge is 0.0537 e. The normalized spacial score (nSPS) is 13.8. The zero-order valence-electron chi connectivity index (χ0n) is 7.96. The zero-order chi connectivity index (χ0) is 9.14. The van der Waals surface area contributed by atoms with Crippen LogP contribution >= 0.6 is 0 Å². The summed E-state index contributed by atoms with van der Waals surface area (Å²) in [5.41, 5.74) is 8.21. The fourth-order valence-corrected chi connectivity index (χ4v) is 1.37. The highest BCUT2D eigenvalue weighted by Crippen LogP contribution is 2.19. The van der Waals surface area contributed by atoms with Crippen LogP contribution in [0.5, 0.6) is 0 Å². The number of nitrogens with zero attached hydrogens (tertiary/aromatic N) is 1. The largest absolute Gasteiger partial charge is 0.324 e. The number of nitrogens with two attached hydrogens (primary N) is 1. The summed E-state index contributed by atoms with van der Waals surface area (Å²) in [7, 11) is 0. The van der Waals surface area contributed by atoms with E-state index in [0.29, 0.717) is 5.92 Å². The first-order valence-corrected chi connectivity index (χ1v) is 4.36. The van der Waals surface area contributed by atoms with Gasteiger partial charge in [0, 0.05) is 17.3 Å². The number of aromatic nitrogens is 2. The molecule has 0 fully saturated rings. The number of hydrogen-bond donors (Lipinski definition) is 2. The Labute approximate surface area is 73.4 Å². The van der Waals surface area contributed by atoms with Gasteiger partial charge >= 0.3 is 0 Å². The van der Waals surface area contributed by atoms with Crippen molar-refractivity contribution in [2.45, 2.75) is 33.2 Å². The van der Waals surface area contributed by atoms with Gasteiger partial charge in [-0.25, -0.2) is 0 Å². The van der Waals surface area contributed by atoms with Gasteiger partial charge in [-0.15, -0.1) is 0 Å².